The molecule has 3 aromatic heterocycles. The molecule has 0 radical (unpaired) electrons. The summed E-state index contributed by atoms with van der Waals surface area (Å²) in [6.45, 7) is 8.21. The van der Waals surface area contributed by atoms with Crippen molar-refractivity contribution >= 4 is 56.5 Å². The molecule has 2 aliphatic heterocycles. The quantitative estimate of drug-likeness (QED) is 0.135. The van der Waals surface area contributed by atoms with Gasteiger partial charge in [-0.2, -0.15) is 5.26 Å². The zero-order valence-electron chi connectivity index (χ0n) is 29.5. The summed E-state index contributed by atoms with van der Waals surface area (Å²) < 4.78 is 6.28. The number of nitrogens with one attached hydrogen (secondary N) is 1. The van der Waals surface area contributed by atoms with E-state index in [2.05, 4.69) is 58.2 Å². The van der Waals surface area contributed by atoms with Gasteiger partial charge in [0.15, 0.2) is 11.4 Å². The molecule has 11 nitrogen and oxygen atoms in total. The number of rotatable bonds is 9. The molecule has 2 atom stereocenters. The number of β-amino-alcohol motifs (C(OH)–C–C–N with tert-alkyl or cyclic N) is 1. The van der Waals surface area contributed by atoms with Gasteiger partial charge in [0.05, 0.1) is 17.6 Å². The van der Waals surface area contributed by atoms with E-state index in [1.807, 2.05) is 48.7 Å². The van der Waals surface area contributed by atoms with E-state index in [1.54, 1.807) is 6.20 Å². The van der Waals surface area contributed by atoms with E-state index < -0.39 is 5.97 Å². The van der Waals surface area contributed by atoms with Crippen molar-refractivity contribution in [2.75, 3.05) is 31.5 Å². The molecule has 0 bridgehead atoms. The number of anilines is 2. The highest BCUT2D eigenvalue weighted by Crippen LogP contribution is 2.38. The van der Waals surface area contributed by atoms with Crippen molar-refractivity contribution in [3.8, 4) is 28.7 Å². The first kappa shape index (κ1) is 36.2. The molecule has 8 rings (SSSR count). The van der Waals surface area contributed by atoms with Crippen molar-refractivity contribution in [2.24, 2.45) is 5.92 Å². The maximum atomic E-state index is 11.5. The van der Waals surface area contributed by atoms with Crippen molar-refractivity contribution in [1.82, 2.24) is 24.8 Å². The van der Waals surface area contributed by atoms with Crippen molar-refractivity contribution < 1.29 is 19.4 Å². The van der Waals surface area contributed by atoms with Crippen LogP contribution in [0.3, 0.4) is 0 Å². The van der Waals surface area contributed by atoms with Gasteiger partial charge < -0.3 is 19.9 Å². The van der Waals surface area contributed by atoms with E-state index in [4.69, 9.17) is 14.4 Å². The third kappa shape index (κ3) is 7.26. The van der Waals surface area contributed by atoms with E-state index in [9.17, 15) is 20.3 Å². The zero-order valence-corrected chi connectivity index (χ0v) is 31.3. The van der Waals surface area contributed by atoms with Crippen LogP contribution in [0, 0.1) is 31.1 Å². The Morgan fingerprint density at radius 1 is 0.943 bits per heavy atom. The topological polar surface area (TPSA) is 152 Å². The van der Waals surface area contributed by atoms with Crippen LogP contribution in [0.15, 0.2) is 77.5 Å². The third-order valence-corrected chi connectivity index (χ3v) is 10.4. The molecule has 2 saturated heterocycles. The van der Waals surface area contributed by atoms with Gasteiger partial charge in [-0.3, -0.25) is 19.6 Å². The Balaban J connectivity index is 0.00000435. The minimum atomic E-state index is -0.767. The summed E-state index contributed by atoms with van der Waals surface area (Å²) in [4.78, 5) is 30.1. The standard InChI is InChI=1S/C41H39N7O4.BrH/c1-24-32(5-3-7-34(24)40-46-36-17-26(15-30(18-42)38(36)52-40)20-47-13-10-29(22-47)41(50)51)33-6-4-8-35(25(33)2)45-39-37-28(9-12-43-39)16-27(19-44-37)21-48-14-11-31(49)23-48;/h3-9,12,15-17,19,29,31,49H,10-11,13-14,20-23H2,1-2H3,(H,43,45)(H,50,51);1H/t29-,31-;/m1./s1. The number of hydrogen-bond donors (Lipinski definition) is 3. The van der Waals surface area contributed by atoms with E-state index in [1.165, 1.54) is 0 Å². The molecular weight excluding hydrogens is 734 g/mol. The van der Waals surface area contributed by atoms with E-state index in [-0.39, 0.29) is 29.0 Å². The lowest BCUT2D eigenvalue weighted by atomic mass is 9.93. The van der Waals surface area contributed by atoms with Crippen LogP contribution < -0.4 is 5.32 Å². The number of aliphatic carboxylic acids is 1. The minimum absolute atomic E-state index is 0. The summed E-state index contributed by atoms with van der Waals surface area (Å²) in [5.41, 5.74) is 10.1. The highest BCUT2D eigenvalue weighted by atomic mass is 79.9. The predicted octanol–water partition coefficient (Wildman–Crippen LogP) is 7.39. The molecule has 2 aliphatic rings. The molecular formula is C41H40BrN7O4. The van der Waals surface area contributed by atoms with Crippen molar-refractivity contribution in [3.63, 3.8) is 0 Å². The van der Waals surface area contributed by atoms with Gasteiger partial charge in [0.2, 0.25) is 5.89 Å². The highest BCUT2D eigenvalue weighted by molar-refractivity contribution is 8.93. The van der Waals surface area contributed by atoms with E-state index in [0.29, 0.717) is 61.0 Å². The number of carboxylic acids is 1. The average Bonchev–Trinajstić information content (AvgIpc) is 3.89. The fourth-order valence-electron chi connectivity index (χ4n) is 7.66. The Morgan fingerprint density at radius 3 is 2.43 bits per heavy atom. The number of pyridine rings is 2. The second kappa shape index (κ2) is 15.0. The lowest BCUT2D eigenvalue weighted by molar-refractivity contribution is -0.141. The van der Waals surface area contributed by atoms with Crippen LogP contribution in [0.2, 0.25) is 0 Å². The Morgan fingerprint density at radius 2 is 1.68 bits per heavy atom. The van der Waals surface area contributed by atoms with Crippen LogP contribution in [0.1, 0.15) is 40.7 Å². The van der Waals surface area contributed by atoms with Crippen LogP contribution in [0.5, 0.6) is 0 Å². The summed E-state index contributed by atoms with van der Waals surface area (Å²) in [6.07, 6.45) is 4.87. The molecule has 5 heterocycles. The van der Waals surface area contributed by atoms with Gasteiger partial charge in [-0.1, -0.05) is 24.3 Å². The predicted molar refractivity (Wildman–Crippen MR) is 209 cm³/mol. The van der Waals surface area contributed by atoms with Gasteiger partial charge in [0.25, 0.3) is 0 Å². The normalized spacial score (nSPS) is 17.6. The molecule has 0 unspecified atom stereocenters. The van der Waals surface area contributed by atoms with Crippen LogP contribution in [-0.2, 0) is 17.9 Å². The number of nitriles is 1. The summed E-state index contributed by atoms with van der Waals surface area (Å²) in [5, 5.41) is 33.9. The minimum Gasteiger partial charge on any atom is -0.481 e. The van der Waals surface area contributed by atoms with E-state index >= 15 is 0 Å². The lowest BCUT2D eigenvalue weighted by Crippen LogP contribution is -2.22. The summed E-state index contributed by atoms with van der Waals surface area (Å²) >= 11 is 0. The first-order valence-corrected chi connectivity index (χ1v) is 17.6. The van der Waals surface area contributed by atoms with Crippen LogP contribution in [-0.4, -0.2) is 73.2 Å². The number of aliphatic hydroxyl groups excluding tert-OH is 1. The monoisotopic (exact) mass is 773 g/mol. The number of oxazole rings is 1. The van der Waals surface area contributed by atoms with Gasteiger partial charge in [-0.15, -0.1) is 17.0 Å². The Bertz CT molecular complexity index is 2390. The van der Waals surface area contributed by atoms with Gasteiger partial charge in [0, 0.05) is 61.8 Å². The second-order valence-electron chi connectivity index (χ2n) is 14.0. The average molecular weight is 775 g/mol. The van der Waals surface area contributed by atoms with Crippen molar-refractivity contribution in [2.45, 2.75) is 45.9 Å². The van der Waals surface area contributed by atoms with Crippen molar-refractivity contribution in [3.05, 3.63) is 101 Å². The Kier molecular flexibility index (Phi) is 10.3. The number of likely N-dealkylation sites (tertiary alicyclic amines) is 2. The molecule has 3 aromatic carbocycles. The molecule has 0 amide bonds. The van der Waals surface area contributed by atoms with Gasteiger partial charge in [-0.05, 0) is 103 Å². The summed E-state index contributed by atoms with van der Waals surface area (Å²) in [6, 6.07) is 22.4. The number of carbonyl (C=O) groups is 1. The maximum absolute atomic E-state index is 11.5. The molecule has 270 valence electrons. The third-order valence-electron chi connectivity index (χ3n) is 10.4. The lowest BCUT2D eigenvalue weighted by Gasteiger charge is -2.17. The molecule has 12 heteroatoms. The summed E-state index contributed by atoms with van der Waals surface area (Å²) in [7, 11) is 0. The number of aromatic nitrogens is 3. The number of hydrogen-bond acceptors (Lipinski definition) is 10. The Hall–Kier alpha value is -5.19. The molecule has 3 N–H and O–H groups in total. The number of fused-ring (bicyclic) bond motifs is 2. The highest BCUT2D eigenvalue weighted by Gasteiger charge is 2.28. The largest absolute Gasteiger partial charge is 0.481 e. The van der Waals surface area contributed by atoms with Crippen LogP contribution in [0.25, 0.3) is 44.6 Å². The fourth-order valence-corrected chi connectivity index (χ4v) is 7.66. The molecule has 0 spiro atoms. The summed E-state index contributed by atoms with van der Waals surface area (Å²) in [5.74, 6) is -0.0155. The zero-order chi connectivity index (χ0) is 35.9. The number of carboxylic acid groups (broad SMARTS) is 1. The molecule has 6 aromatic rings. The number of nitrogens with zero attached hydrogens (tertiary/aromatic N) is 6. The Labute approximate surface area is 317 Å². The second-order valence-corrected chi connectivity index (χ2v) is 14.0. The SMILES string of the molecule is Br.Cc1c(Nc2nccc3cc(CN4CC[C@@H](O)C4)cnc23)cccc1-c1cccc(-c2nc3cc(CN4CC[C@@H](C(=O)O)C4)cc(C#N)c3o2)c1C. The van der Waals surface area contributed by atoms with Gasteiger partial charge in [-0.25, -0.2) is 9.97 Å². The van der Waals surface area contributed by atoms with Gasteiger partial charge >= 0.3 is 5.97 Å². The first-order chi connectivity index (χ1) is 25.2. The number of aliphatic hydroxyl groups is 1. The fraction of sp³-hybridized carbons (Fsp3) is 0.293. The number of benzene rings is 3. The molecule has 53 heavy (non-hydrogen) atoms. The number of halogens is 1. The molecule has 2 fully saturated rings. The molecule has 0 saturated carbocycles. The maximum Gasteiger partial charge on any atom is 0.307 e. The van der Waals surface area contributed by atoms with Crippen molar-refractivity contribution in [1.29, 1.82) is 5.26 Å². The first-order valence-electron chi connectivity index (χ1n) is 17.6. The smallest absolute Gasteiger partial charge is 0.307 e. The van der Waals surface area contributed by atoms with Gasteiger partial charge in [0.1, 0.15) is 17.1 Å². The van der Waals surface area contributed by atoms with Crippen LogP contribution in [0.4, 0.5) is 11.5 Å². The van der Waals surface area contributed by atoms with Crippen LogP contribution >= 0.6 is 17.0 Å². The van der Waals surface area contributed by atoms with E-state index in [0.717, 1.165) is 75.0 Å². The molecule has 0 aliphatic carbocycles.